The molecule has 0 amide bonds. The van der Waals surface area contributed by atoms with Gasteiger partial charge >= 0.3 is 0 Å². The lowest BCUT2D eigenvalue weighted by Crippen LogP contribution is -1.94. The molecule has 8 heteroatoms. The van der Waals surface area contributed by atoms with Crippen molar-refractivity contribution in [1.82, 2.24) is 24.8 Å². The average Bonchev–Trinajstić information content (AvgIpc) is 3.26. The molecule has 0 spiro atoms. The summed E-state index contributed by atoms with van der Waals surface area (Å²) in [4.78, 5) is 4.09. The van der Waals surface area contributed by atoms with Crippen molar-refractivity contribution in [3.8, 4) is 22.6 Å². The van der Waals surface area contributed by atoms with Crippen molar-refractivity contribution in [2.45, 2.75) is 0 Å². The quantitative estimate of drug-likeness (QED) is 0.489. The van der Waals surface area contributed by atoms with Crippen LogP contribution in [0.5, 0.6) is 0 Å². The van der Waals surface area contributed by atoms with E-state index in [4.69, 9.17) is 17.3 Å². The summed E-state index contributed by atoms with van der Waals surface area (Å²) in [6.45, 7) is 0. The van der Waals surface area contributed by atoms with Crippen molar-refractivity contribution in [3.05, 3.63) is 53.6 Å². The standard InChI is InChI=1S/C17H11ClN6S/c18-10-6-7-12-11(8-10)13(9-4-2-1-3-5-9)14(20-12)15-21-22-17-24(15)23-16(19)25-17/h1-8,20H,(H2,19,23). The SMILES string of the molecule is Nc1nn2c(-c3[nH]c4ccc(Cl)cc4c3-c3ccccc3)nnc2s1. The van der Waals surface area contributed by atoms with Gasteiger partial charge in [-0.05, 0) is 23.8 Å². The first-order valence-electron chi connectivity index (χ1n) is 7.55. The molecule has 122 valence electrons. The van der Waals surface area contributed by atoms with E-state index in [9.17, 15) is 0 Å². The van der Waals surface area contributed by atoms with E-state index in [0.717, 1.165) is 27.7 Å². The molecule has 3 aromatic heterocycles. The summed E-state index contributed by atoms with van der Waals surface area (Å²) in [5, 5.41) is 15.0. The predicted molar refractivity (Wildman–Crippen MR) is 101 cm³/mol. The lowest BCUT2D eigenvalue weighted by Gasteiger charge is -2.03. The number of halogens is 1. The van der Waals surface area contributed by atoms with Crippen LogP contribution >= 0.6 is 22.9 Å². The molecule has 0 saturated heterocycles. The molecule has 3 heterocycles. The molecule has 2 aromatic carbocycles. The highest BCUT2D eigenvalue weighted by atomic mass is 35.5. The highest BCUT2D eigenvalue weighted by molar-refractivity contribution is 7.20. The molecule has 0 fully saturated rings. The molecule has 0 bridgehead atoms. The maximum Gasteiger partial charge on any atom is 0.236 e. The van der Waals surface area contributed by atoms with Gasteiger partial charge in [0.1, 0.15) is 0 Å². The Labute approximate surface area is 150 Å². The molecule has 6 nitrogen and oxygen atoms in total. The minimum Gasteiger partial charge on any atom is -0.374 e. The number of nitrogens with two attached hydrogens (primary N) is 1. The van der Waals surface area contributed by atoms with Gasteiger partial charge in [-0.2, -0.15) is 4.52 Å². The normalized spacial score (nSPS) is 11.6. The molecule has 0 aliphatic rings. The number of hydrogen-bond donors (Lipinski definition) is 2. The number of aromatic nitrogens is 5. The molecule has 0 radical (unpaired) electrons. The van der Waals surface area contributed by atoms with Crippen molar-refractivity contribution in [1.29, 1.82) is 0 Å². The molecule has 3 N–H and O–H groups in total. The van der Waals surface area contributed by atoms with Gasteiger partial charge in [-0.25, -0.2) is 0 Å². The molecule has 25 heavy (non-hydrogen) atoms. The Balaban J connectivity index is 1.89. The fourth-order valence-corrected chi connectivity index (χ4v) is 3.80. The van der Waals surface area contributed by atoms with E-state index in [0.29, 0.717) is 20.9 Å². The number of nitrogen functional groups attached to an aromatic ring is 1. The molecule has 0 aliphatic heterocycles. The van der Waals surface area contributed by atoms with Gasteiger partial charge in [0.05, 0.1) is 5.69 Å². The van der Waals surface area contributed by atoms with Crippen LogP contribution in [0.1, 0.15) is 0 Å². The van der Waals surface area contributed by atoms with Crippen molar-refractivity contribution >= 4 is 43.9 Å². The molecule has 0 aliphatic carbocycles. The Bertz CT molecular complexity index is 1220. The van der Waals surface area contributed by atoms with Gasteiger partial charge in [0, 0.05) is 21.5 Å². The largest absolute Gasteiger partial charge is 0.374 e. The minimum absolute atomic E-state index is 0.451. The number of H-pyrrole nitrogens is 1. The zero-order valence-electron chi connectivity index (χ0n) is 12.8. The summed E-state index contributed by atoms with van der Waals surface area (Å²) in [5.74, 6) is 0.620. The van der Waals surface area contributed by atoms with E-state index >= 15 is 0 Å². The van der Waals surface area contributed by atoms with Crippen LogP contribution in [0.4, 0.5) is 5.13 Å². The van der Waals surface area contributed by atoms with Gasteiger partial charge < -0.3 is 10.7 Å². The van der Waals surface area contributed by atoms with E-state index in [1.165, 1.54) is 11.3 Å². The predicted octanol–water partition coefficient (Wildman–Crippen LogP) is 4.24. The third kappa shape index (κ3) is 2.20. The van der Waals surface area contributed by atoms with Crippen LogP contribution < -0.4 is 5.73 Å². The summed E-state index contributed by atoms with van der Waals surface area (Å²) >= 11 is 7.54. The van der Waals surface area contributed by atoms with Crippen LogP contribution in [0.2, 0.25) is 5.02 Å². The Kier molecular flexibility index (Phi) is 3.06. The first-order valence-corrected chi connectivity index (χ1v) is 8.75. The van der Waals surface area contributed by atoms with Crippen LogP contribution in [0.15, 0.2) is 48.5 Å². The fraction of sp³-hybridized carbons (Fsp3) is 0. The van der Waals surface area contributed by atoms with Crippen LogP contribution in [0.3, 0.4) is 0 Å². The number of fused-ring (bicyclic) bond motifs is 2. The molecule has 0 saturated carbocycles. The van der Waals surface area contributed by atoms with Gasteiger partial charge in [-0.15, -0.1) is 15.3 Å². The summed E-state index contributed by atoms with van der Waals surface area (Å²) in [6, 6.07) is 15.9. The summed E-state index contributed by atoms with van der Waals surface area (Å²) in [6.07, 6.45) is 0. The lowest BCUT2D eigenvalue weighted by atomic mass is 10.0. The average molecular weight is 367 g/mol. The Hall–Kier alpha value is -2.90. The summed E-state index contributed by atoms with van der Waals surface area (Å²) in [7, 11) is 0. The molecular weight excluding hydrogens is 356 g/mol. The minimum atomic E-state index is 0.451. The number of nitrogens with zero attached hydrogens (tertiary/aromatic N) is 4. The second kappa shape index (κ2) is 5.30. The van der Waals surface area contributed by atoms with Crippen LogP contribution in [0.25, 0.3) is 38.5 Å². The first-order chi connectivity index (χ1) is 12.2. The number of aromatic amines is 1. The highest BCUT2D eigenvalue weighted by Crippen LogP contribution is 2.38. The molecular formula is C17H11ClN6S. The monoisotopic (exact) mass is 366 g/mol. The van der Waals surface area contributed by atoms with Crippen LogP contribution in [-0.4, -0.2) is 24.8 Å². The summed E-state index contributed by atoms with van der Waals surface area (Å²) < 4.78 is 1.67. The van der Waals surface area contributed by atoms with E-state index in [2.05, 4.69) is 32.4 Å². The number of nitrogens with one attached hydrogen (secondary N) is 1. The van der Waals surface area contributed by atoms with E-state index in [1.807, 2.05) is 36.4 Å². The van der Waals surface area contributed by atoms with Gasteiger partial charge in [0.15, 0.2) is 0 Å². The number of benzene rings is 2. The highest BCUT2D eigenvalue weighted by Gasteiger charge is 2.21. The number of rotatable bonds is 2. The number of anilines is 1. The molecule has 5 rings (SSSR count). The van der Waals surface area contributed by atoms with Crippen molar-refractivity contribution in [3.63, 3.8) is 0 Å². The Morgan fingerprint density at radius 3 is 2.76 bits per heavy atom. The Morgan fingerprint density at radius 1 is 1.08 bits per heavy atom. The molecule has 0 atom stereocenters. The smallest absolute Gasteiger partial charge is 0.236 e. The summed E-state index contributed by atoms with van der Waals surface area (Å²) in [5.41, 5.74) is 9.70. The Morgan fingerprint density at radius 2 is 1.92 bits per heavy atom. The second-order valence-electron chi connectivity index (χ2n) is 5.59. The van der Waals surface area contributed by atoms with Gasteiger partial charge in [0.2, 0.25) is 15.9 Å². The molecule has 0 unspecified atom stereocenters. The van der Waals surface area contributed by atoms with Gasteiger partial charge in [0.25, 0.3) is 0 Å². The zero-order chi connectivity index (χ0) is 17.0. The fourth-order valence-electron chi connectivity index (χ4n) is 3.02. The second-order valence-corrected chi connectivity index (χ2v) is 7.01. The third-order valence-corrected chi connectivity index (χ3v) is 5.02. The van der Waals surface area contributed by atoms with Crippen molar-refractivity contribution in [2.24, 2.45) is 0 Å². The van der Waals surface area contributed by atoms with Crippen LogP contribution in [0, 0.1) is 0 Å². The van der Waals surface area contributed by atoms with Gasteiger partial charge in [-0.1, -0.05) is 53.3 Å². The lowest BCUT2D eigenvalue weighted by molar-refractivity contribution is 0.967. The number of hydrogen-bond acceptors (Lipinski definition) is 5. The molecule has 5 aromatic rings. The topological polar surface area (TPSA) is 84.9 Å². The van der Waals surface area contributed by atoms with E-state index in [-0.39, 0.29) is 0 Å². The van der Waals surface area contributed by atoms with Crippen molar-refractivity contribution in [2.75, 3.05) is 5.73 Å². The van der Waals surface area contributed by atoms with E-state index in [1.54, 1.807) is 4.52 Å². The van der Waals surface area contributed by atoms with E-state index < -0.39 is 0 Å². The zero-order valence-corrected chi connectivity index (χ0v) is 14.3. The van der Waals surface area contributed by atoms with Crippen molar-refractivity contribution < 1.29 is 0 Å². The third-order valence-electron chi connectivity index (χ3n) is 4.05. The van der Waals surface area contributed by atoms with Crippen LogP contribution in [-0.2, 0) is 0 Å². The maximum absolute atomic E-state index is 6.24. The first kappa shape index (κ1) is 14.4. The maximum atomic E-state index is 6.24. The van der Waals surface area contributed by atoms with Gasteiger partial charge in [-0.3, -0.25) is 0 Å².